The van der Waals surface area contributed by atoms with Crippen LogP contribution in [0.4, 0.5) is 22.9 Å². The third-order valence-corrected chi connectivity index (χ3v) is 6.69. The smallest absolute Gasteiger partial charge is 0.162 e. The maximum atomic E-state index is 4.70. The van der Waals surface area contributed by atoms with Crippen LogP contribution in [0.1, 0.15) is 32.8 Å². The number of hydrogen-bond donors (Lipinski definition) is 0. The molecule has 3 atom stereocenters. The first-order valence-electron chi connectivity index (χ1n) is 9.70. The average Bonchev–Trinajstić information content (AvgIpc) is 3.08. The van der Waals surface area contributed by atoms with Gasteiger partial charge in [-0.15, -0.1) is 0 Å². The number of aromatic nitrogens is 2. The van der Waals surface area contributed by atoms with Crippen LogP contribution in [0.2, 0.25) is 0 Å². The van der Waals surface area contributed by atoms with E-state index in [-0.39, 0.29) is 11.6 Å². The molecule has 3 unspecified atom stereocenters. The van der Waals surface area contributed by atoms with Gasteiger partial charge in [-0.2, -0.15) is 0 Å². The summed E-state index contributed by atoms with van der Waals surface area (Å²) in [5, 5.41) is 0. The molecule has 136 valence electrons. The van der Waals surface area contributed by atoms with Gasteiger partial charge in [-0.25, -0.2) is 9.97 Å². The highest BCUT2D eigenvalue weighted by Crippen LogP contribution is 2.57. The molecule has 2 aliphatic rings. The first-order chi connectivity index (χ1) is 13.2. The molecule has 0 aliphatic carbocycles. The summed E-state index contributed by atoms with van der Waals surface area (Å²) in [5.41, 5.74) is 5.04. The first kappa shape index (κ1) is 16.3. The number of fused-ring (bicyclic) bond motifs is 5. The van der Waals surface area contributed by atoms with E-state index in [9.17, 15) is 0 Å². The fourth-order valence-corrected chi connectivity index (χ4v) is 4.89. The highest BCUT2D eigenvalue weighted by molar-refractivity contribution is 5.87. The van der Waals surface area contributed by atoms with Crippen LogP contribution in [0.5, 0.6) is 0 Å². The number of hydrogen-bond acceptors (Lipinski definition) is 4. The van der Waals surface area contributed by atoms with Crippen LogP contribution in [0.3, 0.4) is 0 Å². The van der Waals surface area contributed by atoms with Crippen molar-refractivity contribution in [2.24, 2.45) is 5.92 Å². The number of rotatable bonds is 2. The molecule has 2 aromatic carbocycles. The van der Waals surface area contributed by atoms with Crippen molar-refractivity contribution in [3.8, 4) is 0 Å². The second-order valence-corrected chi connectivity index (χ2v) is 7.80. The van der Waals surface area contributed by atoms with Crippen molar-refractivity contribution in [2.45, 2.75) is 38.8 Å². The summed E-state index contributed by atoms with van der Waals surface area (Å²) in [4.78, 5) is 13.9. The zero-order chi connectivity index (χ0) is 18.6. The molecule has 2 aliphatic heterocycles. The van der Waals surface area contributed by atoms with Gasteiger partial charge in [-0.1, -0.05) is 57.2 Å². The van der Waals surface area contributed by atoms with Crippen LogP contribution in [-0.2, 0) is 5.41 Å². The van der Waals surface area contributed by atoms with Gasteiger partial charge >= 0.3 is 0 Å². The van der Waals surface area contributed by atoms with E-state index in [4.69, 9.17) is 4.98 Å². The molecule has 0 N–H and O–H groups in total. The molecule has 0 radical (unpaired) electrons. The lowest BCUT2D eigenvalue weighted by molar-refractivity contribution is 0.249. The third-order valence-electron chi connectivity index (χ3n) is 6.69. The monoisotopic (exact) mass is 356 g/mol. The van der Waals surface area contributed by atoms with Gasteiger partial charge in [0.15, 0.2) is 5.82 Å². The molecule has 27 heavy (non-hydrogen) atoms. The van der Waals surface area contributed by atoms with Crippen molar-refractivity contribution in [2.75, 3.05) is 9.80 Å². The van der Waals surface area contributed by atoms with Crippen molar-refractivity contribution < 1.29 is 0 Å². The normalized spacial score (nSPS) is 25.7. The lowest BCUT2D eigenvalue weighted by Gasteiger charge is -2.50. The Kier molecular flexibility index (Phi) is 3.51. The van der Waals surface area contributed by atoms with Crippen molar-refractivity contribution >= 4 is 22.9 Å². The molecule has 0 spiro atoms. The molecule has 0 saturated carbocycles. The minimum atomic E-state index is 0.0975. The quantitative estimate of drug-likeness (QED) is 0.614. The molecule has 4 nitrogen and oxygen atoms in total. The first-order valence-corrected chi connectivity index (χ1v) is 9.70. The molecule has 5 rings (SSSR count). The van der Waals surface area contributed by atoms with Crippen molar-refractivity contribution in [3.63, 3.8) is 0 Å². The van der Waals surface area contributed by atoms with Crippen LogP contribution in [0, 0.1) is 5.92 Å². The Morgan fingerprint density at radius 1 is 0.963 bits per heavy atom. The van der Waals surface area contributed by atoms with Gasteiger partial charge in [-0.3, -0.25) is 0 Å². The van der Waals surface area contributed by atoms with E-state index in [1.807, 2.05) is 6.20 Å². The van der Waals surface area contributed by atoms with E-state index in [1.165, 1.54) is 16.9 Å². The van der Waals surface area contributed by atoms with Crippen LogP contribution in [0.25, 0.3) is 0 Å². The summed E-state index contributed by atoms with van der Waals surface area (Å²) in [7, 11) is 0. The standard InChI is InChI=1S/C23H24N4/c1-4-23(3)16(2)22-26(17-10-6-5-7-11-17)20-14-24-15-25-21(20)27(22)19-13-9-8-12-18(19)23/h5-16,22H,4H2,1-3H3. The van der Waals surface area contributed by atoms with Gasteiger partial charge in [0.25, 0.3) is 0 Å². The van der Waals surface area contributed by atoms with E-state index >= 15 is 0 Å². The van der Waals surface area contributed by atoms with Crippen LogP contribution in [0.15, 0.2) is 67.1 Å². The Bertz CT molecular complexity index is 986. The lowest BCUT2D eigenvalue weighted by atomic mass is 9.66. The number of benzene rings is 2. The predicted molar refractivity (Wildman–Crippen MR) is 110 cm³/mol. The Balaban J connectivity index is 1.80. The van der Waals surface area contributed by atoms with Gasteiger partial charge < -0.3 is 9.80 Å². The summed E-state index contributed by atoms with van der Waals surface area (Å²) in [6.45, 7) is 7.09. The van der Waals surface area contributed by atoms with Gasteiger partial charge in [0.05, 0.1) is 6.20 Å². The highest BCUT2D eigenvalue weighted by atomic mass is 15.5. The van der Waals surface area contributed by atoms with Gasteiger partial charge in [0.2, 0.25) is 0 Å². The summed E-state index contributed by atoms with van der Waals surface area (Å²) in [6.07, 6.45) is 4.89. The minimum Gasteiger partial charge on any atom is -0.315 e. The fourth-order valence-electron chi connectivity index (χ4n) is 4.89. The van der Waals surface area contributed by atoms with Gasteiger partial charge in [-0.05, 0) is 30.2 Å². The molecule has 0 bridgehead atoms. The van der Waals surface area contributed by atoms with Crippen molar-refractivity contribution in [1.82, 2.24) is 9.97 Å². The summed E-state index contributed by atoms with van der Waals surface area (Å²) in [5.74, 6) is 1.41. The number of anilines is 4. The van der Waals surface area contributed by atoms with E-state index in [1.54, 1.807) is 6.33 Å². The molecule has 0 amide bonds. The largest absolute Gasteiger partial charge is 0.315 e. The fraction of sp³-hybridized carbons (Fsp3) is 0.304. The molecular formula is C23H24N4. The maximum absolute atomic E-state index is 4.70. The van der Waals surface area contributed by atoms with Crippen LogP contribution in [-0.4, -0.2) is 16.1 Å². The zero-order valence-corrected chi connectivity index (χ0v) is 16.0. The third kappa shape index (κ3) is 2.10. The zero-order valence-electron chi connectivity index (χ0n) is 16.0. The number of nitrogens with zero attached hydrogens (tertiary/aromatic N) is 4. The summed E-state index contributed by atoms with van der Waals surface area (Å²) < 4.78 is 0. The SMILES string of the molecule is CCC1(C)c2ccccc2N2c3ncncc3N(c3ccccc3)C2C1C. The van der Waals surface area contributed by atoms with Crippen molar-refractivity contribution in [1.29, 1.82) is 0 Å². The summed E-state index contributed by atoms with van der Waals surface area (Å²) in [6, 6.07) is 19.4. The second kappa shape index (κ2) is 5.81. The Morgan fingerprint density at radius 2 is 1.70 bits per heavy atom. The molecule has 4 heteroatoms. The van der Waals surface area contributed by atoms with Crippen molar-refractivity contribution in [3.05, 3.63) is 72.7 Å². The van der Waals surface area contributed by atoms with E-state index in [2.05, 4.69) is 90.2 Å². The van der Waals surface area contributed by atoms with E-state index in [0.29, 0.717) is 5.92 Å². The second-order valence-electron chi connectivity index (χ2n) is 7.80. The van der Waals surface area contributed by atoms with E-state index < -0.39 is 0 Å². The van der Waals surface area contributed by atoms with Crippen LogP contribution < -0.4 is 9.80 Å². The summed E-state index contributed by atoms with van der Waals surface area (Å²) >= 11 is 0. The minimum absolute atomic E-state index is 0.0975. The van der Waals surface area contributed by atoms with E-state index in [0.717, 1.165) is 17.9 Å². The lowest BCUT2D eigenvalue weighted by Crippen LogP contribution is -2.54. The predicted octanol–water partition coefficient (Wildman–Crippen LogP) is 5.41. The average molecular weight is 356 g/mol. The molecule has 0 fully saturated rings. The highest BCUT2D eigenvalue weighted by Gasteiger charge is 2.52. The Labute approximate surface area is 160 Å². The number of para-hydroxylation sites is 2. The molecule has 3 aromatic rings. The molecule has 3 heterocycles. The Morgan fingerprint density at radius 3 is 2.48 bits per heavy atom. The van der Waals surface area contributed by atoms with Crippen LogP contribution >= 0.6 is 0 Å². The Hall–Kier alpha value is -2.88. The van der Waals surface area contributed by atoms with Gasteiger partial charge in [0.1, 0.15) is 18.2 Å². The topological polar surface area (TPSA) is 32.3 Å². The molecule has 1 aromatic heterocycles. The molecular weight excluding hydrogens is 332 g/mol. The molecule has 0 saturated heterocycles. The van der Waals surface area contributed by atoms with Gasteiger partial charge in [0, 0.05) is 22.7 Å². The maximum Gasteiger partial charge on any atom is 0.162 e.